The van der Waals surface area contributed by atoms with E-state index >= 15 is 0 Å². The van der Waals surface area contributed by atoms with Gasteiger partial charge in [0.1, 0.15) is 0 Å². The number of rotatable bonds is 3. The molecule has 2 rings (SSSR count). The lowest BCUT2D eigenvalue weighted by atomic mass is 10.0. The quantitative estimate of drug-likeness (QED) is 0.889. The molecule has 1 aliphatic rings. The number of primary amides is 1. The Morgan fingerprint density at radius 3 is 2.80 bits per heavy atom. The van der Waals surface area contributed by atoms with Crippen LogP contribution in [0.15, 0.2) is 24.3 Å². The Labute approximate surface area is 119 Å². The molecule has 1 fully saturated rings. The van der Waals surface area contributed by atoms with Crippen molar-refractivity contribution in [3.8, 4) is 0 Å². The van der Waals surface area contributed by atoms with Gasteiger partial charge in [0, 0.05) is 23.8 Å². The molecule has 3 N–H and O–H groups in total. The van der Waals surface area contributed by atoms with Crippen LogP contribution in [0.5, 0.6) is 0 Å². The van der Waals surface area contributed by atoms with Gasteiger partial charge < -0.3 is 16.0 Å². The molecule has 0 spiro atoms. The fraction of sp³-hybridized carbons (Fsp3) is 0.467. The first-order valence-electron chi connectivity index (χ1n) is 6.96. The molecule has 0 aliphatic carbocycles. The average molecular weight is 275 g/mol. The zero-order chi connectivity index (χ0) is 14.7. The first-order chi connectivity index (χ1) is 9.49. The van der Waals surface area contributed by atoms with E-state index in [9.17, 15) is 9.59 Å². The molecule has 3 amide bonds. The maximum Gasteiger partial charge on any atom is 0.316 e. The number of urea groups is 1. The fourth-order valence-corrected chi connectivity index (χ4v) is 2.78. The Kier molecular flexibility index (Phi) is 4.27. The molecule has 0 aromatic heterocycles. The van der Waals surface area contributed by atoms with Crippen LogP contribution >= 0.6 is 0 Å². The summed E-state index contributed by atoms with van der Waals surface area (Å²) in [5.41, 5.74) is 6.22. The Balaban J connectivity index is 2.18. The van der Waals surface area contributed by atoms with Gasteiger partial charge in [0.05, 0.1) is 0 Å². The molecule has 1 aromatic rings. The lowest BCUT2D eigenvalue weighted by Crippen LogP contribution is -2.38. The summed E-state index contributed by atoms with van der Waals surface area (Å²) in [6.45, 7) is 5.08. The van der Waals surface area contributed by atoms with Crippen LogP contribution in [0.25, 0.3) is 0 Å². The van der Waals surface area contributed by atoms with Crippen molar-refractivity contribution in [2.45, 2.75) is 32.7 Å². The van der Waals surface area contributed by atoms with Gasteiger partial charge in [0.2, 0.25) is 0 Å². The molecule has 20 heavy (non-hydrogen) atoms. The zero-order valence-corrected chi connectivity index (χ0v) is 11.9. The van der Waals surface area contributed by atoms with Crippen molar-refractivity contribution in [1.82, 2.24) is 4.90 Å². The smallest absolute Gasteiger partial charge is 0.316 e. The molecule has 5 heteroatoms. The number of carbonyl (C=O) groups excluding carboxylic acids is 2. The normalized spacial score (nSPS) is 18.4. The van der Waals surface area contributed by atoms with Crippen LogP contribution in [-0.4, -0.2) is 29.4 Å². The minimum Gasteiger partial charge on any atom is -0.351 e. The van der Waals surface area contributed by atoms with E-state index in [-0.39, 0.29) is 5.91 Å². The highest BCUT2D eigenvalue weighted by Gasteiger charge is 2.31. The number of hydrogen-bond acceptors (Lipinski definition) is 2. The van der Waals surface area contributed by atoms with Crippen molar-refractivity contribution in [3.63, 3.8) is 0 Å². The van der Waals surface area contributed by atoms with Crippen LogP contribution in [0.1, 0.15) is 37.0 Å². The van der Waals surface area contributed by atoms with Crippen LogP contribution in [0.4, 0.5) is 10.5 Å². The third kappa shape index (κ3) is 3.10. The Bertz CT molecular complexity index is 514. The summed E-state index contributed by atoms with van der Waals surface area (Å²) in [4.78, 5) is 25.4. The van der Waals surface area contributed by atoms with Crippen molar-refractivity contribution >= 4 is 17.6 Å². The number of nitrogens with one attached hydrogen (secondary N) is 1. The van der Waals surface area contributed by atoms with Gasteiger partial charge in [0.15, 0.2) is 0 Å². The van der Waals surface area contributed by atoms with Gasteiger partial charge in [0.25, 0.3) is 5.91 Å². The highest BCUT2D eigenvalue weighted by atomic mass is 16.2. The van der Waals surface area contributed by atoms with Gasteiger partial charge in [-0.05, 0) is 37.0 Å². The van der Waals surface area contributed by atoms with Gasteiger partial charge in [-0.3, -0.25) is 4.79 Å². The monoisotopic (exact) mass is 275 g/mol. The summed E-state index contributed by atoms with van der Waals surface area (Å²) in [6.07, 6.45) is 2.11. The Hall–Kier alpha value is -2.04. The number of nitrogens with zero attached hydrogens (tertiary/aromatic N) is 1. The lowest BCUT2D eigenvalue weighted by molar-refractivity contribution is 0.0701. The molecule has 1 atom stereocenters. The highest BCUT2D eigenvalue weighted by Crippen LogP contribution is 2.26. The number of carbonyl (C=O) groups is 2. The van der Waals surface area contributed by atoms with Crippen molar-refractivity contribution in [3.05, 3.63) is 29.8 Å². The SMILES string of the molecule is CC(C)C1CCCN1C(=O)c1cccc(NC(N)=O)c1. The predicted octanol–water partition coefficient (Wildman–Crippen LogP) is 2.44. The fourth-order valence-electron chi connectivity index (χ4n) is 2.78. The largest absolute Gasteiger partial charge is 0.351 e. The molecule has 0 bridgehead atoms. The molecule has 0 radical (unpaired) electrons. The highest BCUT2D eigenvalue weighted by molar-refractivity contribution is 5.97. The lowest BCUT2D eigenvalue weighted by Gasteiger charge is -2.27. The number of likely N-dealkylation sites (tertiary alicyclic amines) is 1. The molecule has 1 heterocycles. The second-order valence-electron chi connectivity index (χ2n) is 5.52. The number of benzene rings is 1. The van der Waals surface area contributed by atoms with E-state index in [1.807, 2.05) is 4.90 Å². The van der Waals surface area contributed by atoms with E-state index in [0.29, 0.717) is 23.2 Å². The molecule has 1 saturated heterocycles. The molecule has 0 saturated carbocycles. The first kappa shape index (κ1) is 14.4. The van der Waals surface area contributed by atoms with Gasteiger partial charge in [-0.1, -0.05) is 19.9 Å². The summed E-state index contributed by atoms with van der Waals surface area (Å²) < 4.78 is 0. The topological polar surface area (TPSA) is 75.4 Å². The second-order valence-corrected chi connectivity index (χ2v) is 5.52. The first-order valence-corrected chi connectivity index (χ1v) is 6.96. The third-order valence-corrected chi connectivity index (χ3v) is 3.71. The Morgan fingerprint density at radius 2 is 2.15 bits per heavy atom. The number of hydrogen-bond donors (Lipinski definition) is 2. The number of amides is 3. The van der Waals surface area contributed by atoms with E-state index in [1.165, 1.54) is 0 Å². The standard InChI is InChI=1S/C15H21N3O2/c1-10(2)13-7-4-8-18(13)14(19)11-5-3-6-12(9-11)17-15(16)20/h3,5-6,9-10,13H,4,7-8H2,1-2H3,(H3,16,17,20). The summed E-state index contributed by atoms with van der Waals surface area (Å²) in [5, 5.41) is 2.49. The number of anilines is 1. The molecule has 1 aromatic carbocycles. The maximum atomic E-state index is 12.6. The minimum atomic E-state index is -0.629. The molecular weight excluding hydrogens is 254 g/mol. The van der Waals surface area contributed by atoms with Crippen LogP contribution < -0.4 is 11.1 Å². The van der Waals surface area contributed by atoms with E-state index < -0.39 is 6.03 Å². The molecule has 1 aliphatic heterocycles. The molecular formula is C15H21N3O2. The maximum absolute atomic E-state index is 12.6. The van der Waals surface area contributed by atoms with Gasteiger partial charge in [-0.2, -0.15) is 0 Å². The summed E-state index contributed by atoms with van der Waals surface area (Å²) >= 11 is 0. The van der Waals surface area contributed by atoms with Crippen molar-refractivity contribution < 1.29 is 9.59 Å². The third-order valence-electron chi connectivity index (χ3n) is 3.71. The van der Waals surface area contributed by atoms with Crippen molar-refractivity contribution in [2.24, 2.45) is 11.7 Å². The van der Waals surface area contributed by atoms with Crippen LogP contribution in [0.2, 0.25) is 0 Å². The Morgan fingerprint density at radius 1 is 1.40 bits per heavy atom. The second kappa shape index (κ2) is 5.94. The van der Waals surface area contributed by atoms with Crippen LogP contribution in [-0.2, 0) is 0 Å². The average Bonchev–Trinajstić information content (AvgIpc) is 2.86. The van der Waals surface area contributed by atoms with Gasteiger partial charge in [-0.15, -0.1) is 0 Å². The summed E-state index contributed by atoms with van der Waals surface area (Å²) in [7, 11) is 0. The van der Waals surface area contributed by atoms with E-state index in [4.69, 9.17) is 5.73 Å². The molecule has 108 valence electrons. The zero-order valence-electron chi connectivity index (χ0n) is 11.9. The minimum absolute atomic E-state index is 0.0225. The predicted molar refractivity (Wildman–Crippen MR) is 78.5 cm³/mol. The van der Waals surface area contributed by atoms with Crippen molar-refractivity contribution in [1.29, 1.82) is 0 Å². The van der Waals surface area contributed by atoms with E-state index in [1.54, 1.807) is 24.3 Å². The van der Waals surface area contributed by atoms with Gasteiger partial charge in [-0.25, -0.2) is 4.79 Å². The summed E-state index contributed by atoms with van der Waals surface area (Å²) in [5.74, 6) is 0.475. The molecule has 5 nitrogen and oxygen atoms in total. The van der Waals surface area contributed by atoms with Crippen molar-refractivity contribution in [2.75, 3.05) is 11.9 Å². The van der Waals surface area contributed by atoms with E-state index in [0.717, 1.165) is 19.4 Å². The number of nitrogens with two attached hydrogens (primary N) is 1. The van der Waals surface area contributed by atoms with Crippen LogP contribution in [0, 0.1) is 5.92 Å². The molecule has 1 unspecified atom stereocenters. The summed E-state index contributed by atoms with van der Waals surface area (Å²) in [6, 6.07) is 6.57. The van der Waals surface area contributed by atoms with E-state index in [2.05, 4.69) is 19.2 Å². The van der Waals surface area contributed by atoms with Gasteiger partial charge >= 0.3 is 6.03 Å². The van der Waals surface area contributed by atoms with Crippen LogP contribution in [0.3, 0.4) is 0 Å².